The lowest BCUT2D eigenvalue weighted by molar-refractivity contribution is 0.00130. The summed E-state index contributed by atoms with van der Waals surface area (Å²) in [6.45, 7) is 8.12. The second-order valence-corrected chi connectivity index (χ2v) is 3.02. The van der Waals surface area contributed by atoms with Gasteiger partial charge in [0.25, 0.3) is 0 Å². The van der Waals surface area contributed by atoms with Crippen molar-refractivity contribution in [3.8, 4) is 0 Å². The normalized spacial score (nSPS) is 21.0. The molecule has 0 aliphatic heterocycles. The van der Waals surface area contributed by atoms with Gasteiger partial charge in [0.05, 0.1) is 5.60 Å². The highest BCUT2D eigenvalue weighted by Crippen LogP contribution is 2.22. The molecule has 2 atom stereocenters. The highest BCUT2D eigenvalue weighted by molar-refractivity contribution is 4.75. The zero-order chi connectivity index (χ0) is 7.49. The summed E-state index contributed by atoms with van der Waals surface area (Å²) >= 11 is 0. The van der Waals surface area contributed by atoms with Gasteiger partial charge in [0, 0.05) is 0 Å². The highest BCUT2D eigenvalue weighted by atomic mass is 16.3. The van der Waals surface area contributed by atoms with Crippen LogP contribution in [0.2, 0.25) is 0 Å². The summed E-state index contributed by atoms with van der Waals surface area (Å²) in [4.78, 5) is 0. The van der Waals surface area contributed by atoms with Gasteiger partial charge in [0.15, 0.2) is 0 Å². The van der Waals surface area contributed by atoms with Crippen LogP contribution in [0.3, 0.4) is 0 Å². The smallest absolute Gasteiger partial charge is 0.0642 e. The molecule has 0 aliphatic rings. The molecule has 0 fully saturated rings. The van der Waals surface area contributed by atoms with Crippen molar-refractivity contribution in [2.45, 2.75) is 46.1 Å². The fraction of sp³-hybridized carbons (Fsp3) is 1.00. The Balaban J connectivity index is 3.80. The molecule has 1 N–H and O–H groups in total. The molecule has 0 aromatic carbocycles. The molecule has 0 bridgehead atoms. The molecule has 0 rings (SSSR count). The Kier molecular flexibility index (Phi) is 3.20. The molecule has 1 heteroatoms. The Morgan fingerprint density at radius 3 is 2.00 bits per heavy atom. The van der Waals surface area contributed by atoms with E-state index in [4.69, 9.17) is 0 Å². The van der Waals surface area contributed by atoms with Crippen LogP contribution in [0.25, 0.3) is 0 Å². The first-order chi connectivity index (χ1) is 4.04. The number of aliphatic hydroxyl groups is 1. The van der Waals surface area contributed by atoms with E-state index < -0.39 is 5.60 Å². The maximum atomic E-state index is 9.59. The van der Waals surface area contributed by atoms with Gasteiger partial charge in [-0.1, -0.05) is 27.2 Å². The first kappa shape index (κ1) is 8.96. The van der Waals surface area contributed by atoms with Gasteiger partial charge in [0.2, 0.25) is 0 Å². The van der Waals surface area contributed by atoms with Crippen molar-refractivity contribution < 1.29 is 5.11 Å². The van der Waals surface area contributed by atoms with Crippen LogP contribution >= 0.6 is 0 Å². The summed E-state index contributed by atoms with van der Waals surface area (Å²) < 4.78 is 0. The van der Waals surface area contributed by atoms with Crippen LogP contribution in [0.1, 0.15) is 40.5 Å². The molecule has 0 aromatic heterocycles. The van der Waals surface area contributed by atoms with Crippen molar-refractivity contribution in [3.63, 3.8) is 0 Å². The van der Waals surface area contributed by atoms with Crippen LogP contribution in [0.15, 0.2) is 0 Å². The number of hydrogen-bond donors (Lipinski definition) is 1. The monoisotopic (exact) mass is 130 g/mol. The Morgan fingerprint density at radius 1 is 1.44 bits per heavy atom. The van der Waals surface area contributed by atoms with Crippen molar-refractivity contribution in [1.82, 2.24) is 0 Å². The average molecular weight is 130 g/mol. The quantitative estimate of drug-likeness (QED) is 0.621. The zero-order valence-electron chi connectivity index (χ0n) is 6.94. The van der Waals surface area contributed by atoms with Crippen LogP contribution in [0.5, 0.6) is 0 Å². The Hall–Kier alpha value is -0.0400. The van der Waals surface area contributed by atoms with Crippen molar-refractivity contribution in [2.24, 2.45) is 5.92 Å². The summed E-state index contributed by atoms with van der Waals surface area (Å²) in [5, 5.41) is 9.59. The second kappa shape index (κ2) is 3.21. The van der Waals surface area contributed by atoms with Crippen LogP contribution in [-0.2, 0) is 0 Å². The molecular weight excluding hydrogens is 112 g/mol. The van der Waals surface area contributed by atoms with E-state index in [1.54, 1.807) is 0 Å². The summed E-state index contributed by atoms with van der Waals surface area (Å²) in [6.07, 6.45) is 1.91. The molecule has 0 amide bonds. The molecule has 0 heterocycles. The van der Waals surface area contributed by atoms with E-state index in [1.165, 1.54) is 0 Å². The van der Waals surface area contributed by atoms with Gasteiger partial charge in [0.1, 0.15) is 0 Å². The third-order valence-corrected chi connectivity index (χ3v) is 2.39. The number of rotatable bonds is 3. The summed E-state index contributed by atoms with van der Waals surface area (Å²) in [5.41, 5.74) is -0.450. The van der Waals surface area contributed by atoms with E-state index >= 15 is 0 Å². The van der Waals surface area contributed by atoms with Crippen molar-refractivity contribution in [1.29, 1.82) is 0 Å². The molecule has 1 nitrogen and oxygen atoms in total. The first-order valence-electron chi connectivity index (χ1n) is 3.77. The lowest BCUT2D eigenvalue weighted by atomic mass is 9.87. The van der Waals surface area contributed by atoms with Crippen molar-refractivity contribution >= 4 is 0 Å². The second-order valence-electron chi connectivity index (χ2n) is 3.02. The Morgan fingerprint density at radius 2 is 1.89 bits per heavy atom. The SMILES string of the molecule is CC[C@H](C)[C@](C)(O)CC. The average Bonchev–Trinajstić information content (AvgIpc) is 1.86. The predicted octanol–water partition coefficient (Wildman–Crippen LogP) is 2.19. The predicted molar refractivity (Wildman–Crippen MR) is 40.4 cm³/mol. The summed E-state index contributed by atoms with van der Waals surface area (Å²) in [6, 6.07) is 0. The lowest BCUT2D eigenvalue weighted by Gasteiger charge is -2.27. The lowest BCUT2D eigenvalue weighted by Crippen LogP contribution is -2.31. The maximum absolute atomic E-state index is 9.59. The largest absolute Gasteiger partial charge is 0.390 e. The van der Waals surface area contributed by atoms with Crippen LogP contribution in [0.4, 0.5) is 0 Å². The molecule has 0 saturated heterocycles. The van der Waals surface area contributed by atoms with Gasteiger partial charge in [-0.15, -0.1) is 0 Å². The topological polar surface area (TPSA) is 20.2 Å². The molecule has 0 unspecified atom stereocenters. The number of hydrogen-bond acceptors (Lipinski definition) is 1. The third-order valence-electron chi connectivity index (χ3n) is 2.39. The maximum Gasteiger partial charge on any atom is 0.0642 e. The van der Waals surface area contributed by atoms with E-state index in [0.717, 1.165) is 12.8 Å². The molecule has 0 aromatic rings. The van der Waals surface area contributed by atoms with E-state index in [2.05, 4.69) is 13.8 Å². The molecule has 56 valence electrons. The van der Waals surface area contributed by atoms with Crippen LogP contribution in [-0.4, -0.2) is 10.7 Å². The van der Waals surface area contributed by atoms with E-state index in [9.17, 15) is 5.11 Å². The minimum Gasteiger partial charge on any atom is -0.390 e. The van der Waals surface area contributed by atoms with Crippen molar-refractivity contribution in [3.05, 3.63) is 0 Å². The van der Waals surface area contributed by atoms with Gasteiger partial charge in [-0.3, -0.25) is 0 Å². The van der Waals surface area contributed by atoms with E-state index in [-0.39, 0.29) is 0 Å². The summed E-state index contributed by atoms with van der Waals surface area (Å²) in [7, 11) is 0. The van der Waals surface area contributed by atoms with Gasteiger partial charge >= 0.3 is 0 Å². The highest BCUT2D eigenvalue weighted by Gasteiger charge is 2.23. The van der Waals surface area contributed by atoms with E-state index in [1.807, 2.05) is 13.8 Å². The Labute approximate surface area is 58.1 Å². The summed E-state index contributed by atoms with van der Waals surface area (Å²) in [5.74, 6) is 0.419. The van der Waals surface area contributed by atoms with Gasteiger partial charge in [-0.05, 0) is 19.3 Å². The minimum absolute atomic E-state index is 0.419. The van der Waals surface area contributed by atoms with Gasteiger partial charge < -0.3 is 5.11 Å². The standard InChI is InChI=1S/C8H18O/c1-5-7(3)8(4,9)6-2/h7,9H,5-6H2,1-4H3/t7-,8+/m0/s1. The molecule has 0 spiro atoms. The van der Waals surface area contributed by atoms with Gasteiger partial charge in [-0.2, -0.15) is 0 Å². The zero-order valence-corrected chi connectivity index (χ0v) is 6.94. The Bertz CT molecular complexity index is 76.6. The molecule has 0 aliphatic carbocycles. The van der Waals surface area contributed by atoms with E-state index in [0.29, 0.717) is 5.92 Å². The fourth-order valence-electron chi connectivity index (χ4n) is 0.788. The third kappa shape index (κ3) is 2.35. The molecule has 0 saturated carbocycles. The van der Waals surface area contributed by atoms with Crippen LogP contribution < -0.4 is 0 Å². The molecular formula is C8H18O. The van der Waals surface area contributed by atoms with Crippen molar-refractivity contribution in [2.75, 3.05) is 0 Å². The molecule has 9 heavy (non-hydrogen) atoms. The molecule has 0 radical (unpaired) electrons. The van der Waals surface area contributed by atoms with Crippen LogP contribution in [0, 0.1) is 5.92 Å². The minimum atomic E-state index is -0.450. The fourth-order valence-corrected chi connectivity index (χ4v) is 0.788. The van der Waals surface area contributed by atoms with Gasteiger partial charge in [-0.25, -0.2) is 0 Å². The first-order valence-corrected chi connectivity index (χ1v) is 3.77.